The predicted octanol–water partition coefficient (Wildman–Crippen LogP) is 5.01. The van der Waals surface area contributed by atoms with Gasteiger partial charge in [0.2, 0.25) is 0 Å². The topological polar surface area (TPSA) is 75.7 Å². The van der Waals surface area contributed by atoms with Crippen molar-refractivity contribution in [1.82, 2.24) is 0 Å². The summed E-state index contributed by atoms with van der Waals surface area (Å²) >= 11 is 0. The van der Waals surface area contributed by atoms with Crippen molar-refractivity contribution in [2.75, 3.05) is 0 Å². The van der Waals surface area contributed by atoms with Crippen LogP contribution in [0.1, 0.15) is 82.3 Å². The summed E-state index contributed by atoms with van der Waals surface area (Å²) in [6.07, 6.45) is 13.5. The molecule has 0 radical (unpaired) electrons. The molecule has 0 unspecified atom stereocenters. The Hall–Kier alpha value is -1.84. The van der Waals surface area contributed by atoms with E-state index in [0.717, 1.165) is 12.0 Å². The van der Waals surface area contributed by atoms with E-state index >= 15 is 0 Å². The molecule has 1 aliphatic rings. The van der Waals surface area contributed by atoms with Crippen LogP contribution < -0.4 is 5.73 Å². The third-order valence-electron chi connectivity index (χ3n) is 5.59. The molecule has 0 amide bonds. The highest BCUT2D eigenvalue weighted by Gasteiger charge is 2.53. The molecule has 4 nitrogen and oxygen atoms in total. The van der Waals surface area contributed by atoms with E-state index in [9.17, 15) is 4.79 Å². The number of unbranched alkanes of at least 4 members (excludes halogenated alkanes) is 7. The zero-order valence-electron chi connectivity index (χ0n) is 16.2. The third-order valence-corrected chi connectivity index (χ3v) is 5.59. The van der Waals surface area contributed by atoms with Gasteiger partial charge in [-0.3, -0.25) is 4.79 Å². The lowest BCUT2D eigenvalue weighted by molar-refractivity contribution is -0.121. The largest absolute Gasteiger partial charge is 0.409 e. The summed E-state index contributed by atoms with van der Waals surface area (Å²) in [5, 5.41) is 11.9. The van der Waals surface area contributed by atoms with Crippen molar-refractivity contribution in [2.24, 2.45) is 16.3 Å². The normalized spacial score (nSPS) is 15.8. The number of Topliss-reactive ketones (excluding diaryl/α,β-unsaturated/α-hetero) is 1. The molecule has 26 heavy (non-hydrogen) atoms. The predicted molar refractivity (Wildman–Crippen MR) is 107 cm³/mol. The highest BCUT2D eigenvalue weighted by molar-refractivity contribution is 6.10. The van der Waals surface area contributed by atoms with E-state index in [4.69, 9.17) is 10.9 Å². The first-order chi connectivity index (χ1) is 12.6. The second-order valence-electron chi connectivity index (χ2n) is 7.71. The van der Waals surface area contributed by atoms with Crippen molar-refractivity contribution < 1.29 is 10.0 Å². The fourth-order valence-electron chi connectivity index (χ4n) is 3.54. The molecule has 0 saturated heterocycles. The van der Waals surface area contributed by atoms with Crippen molar-refractivity contribution in [1.29, 1.82) is 0 Å². The van der Waals surface area contributed by atoms with Crippen LogP contribution in [0.4, 0.5) is 0 Å². The minimum Gasteiger partial charge on any atom is -0.409 e. The number of hydrogen-bond donors (Lipinski definition) is 2. The lowest BCUT2D eigenvalue weighted by Crippen LogP contribution is -2.33. The van der Waals surface area contributed by atoms with Crippen LogP contribution in [0, 0.1) is 5.41 Å². The Labute approximate surface area is 157 Å². The van der Waals surface area contributed by atoms with Gasteiger partial charge in [-0.2, -0.15) is 0 Å². The molecule has 0 atom stereocenters. The molecule has 4 heteroatoms. The minimum absolute atomic E-state index is 0.0589. The highest BCUT2D eigenvalue weighted by Crippen LogP contribution is 2.47. The molecule has 1 aromatic carbocycles. The molecule has 0 spiro atoms. The fraction of sp³-hybridized carbons (Fsp3) is 0.636. The van der Waals surface area contributed by atoms with Gasteiger partial charge in [-0.15, -0.1) is 0 Å². The summed E-state index contributed by atoms with van der Waals surface area (Å²) in [5.74, 6) is 0.123. The van der Waals surface area contributed by atoms with Crippen LogP contribution in [0.5, 0.6) is 0 Å². The Kier molecular flexibility index (Phi) is 8.14. The van der Waals surface area contributed by atoms with Crippen molar-refractivity contribution in [3.05, 3.63) is 35.4 Å². The number of nitrogens with two attached hydrogens (primary N) is 1. The number of amidine groups is 1. The molecular formula is C22H34N2O2. The van der Waals surface area contributed by atoms with Crippen LogP contribution in [0.3, 0.4) is 0 Å². The number of aryl methyl sites for hydroxylation is 1. The third kappa shape index (κ3) is 5.86. The number of rotatable bonds is 13. The molecule has 1 saturated carbocycles. The molecule has 2 rings (SSSR count). The van der Waals surface area contributed by atoms with Gasteiger partial charge in [-0.25, -0.2) is 0 Å². The average molecular weight is 359 g/mol. The maximum absolute atomic E-state index is 12.4. The van der Waals surface area contributed by atoms with Gasteiger partial charge >= 0.3 is 0 Å². The Bertz CT molecular complexity index is 589. The number of benzene rings is 1. The number of nitrogens with zero attached hydrogens (tertiary/aromatic N) is 1. The maximum Gasteiger partial charge on any atom is 0.152 e. The second kappa shape index (κ2) is 10.3. The molecule has 0 aromatic heterocycles. The Morgan fingerprint density at radius 1 is 1.00 bits per heavy atom. The first kappa shape index (κ1) is 20.5. The van der Waals surface area contributed by atoms with Gasteiger partial charge in [0.05, 0.1) is 5.41 Å². The lowest BCUT2D eigenvalue weighted by atomic mass is 9.93. The molecular weight excluding hydrogens is 324 g/mol. The summed E-state index contributed by atoms with van der Waals surface area (Å²) in [5.41, 5.74) is 7.32. The summed E-state index contributed by atoms with van der Waals surface area (Å²) in [6, 6.07) is 8.35. The monoisotopic (exact) mass is 358 g/mol. The van der Waals surface area contributed by atoms with E-state index in [-0.39, 0.29) is 11.6 Å². The minimum atomic E-state index is -0.704. The standard InChI is InChI=1S/C22H34N2O2/c1-2-3-4-5-6-7-8-9-10-18-11-13-19(14-12-18)17-20(25)22(15-16-22)21(23)24-26/h11-14,26H,2-10,15-17H2,1H3,(H2,23,24). The molecule has 3 N–H and O–H groups in total. The van der Waals surface area contributed by atoms with Crippen molar-refractivity contribution in [3.8, 4) is 0 Å². The summed E-state index contributed by atoms with van der Waals surface area (Å²) < 4.78 is 0. The van der Waals surface area contributed by atoms with Gasteiger partial charge in [0.1, 0.15) is 0 Å². The summed E-state index contributed by atoms with van der Waals surface area (Å²) in [7, 11) is 0. The van der Waals surface area contributed by atoms with E-state index in [1.807, 2.05) is 12.1 Å². The van der Waals surface area contributed by atoms with Gasteiger partial charge in [0.25, 0.3) is 0 Å². The zero-order valence-corrected chi connectivity index (χ0v) is 16.2. The van der Waals surface area contributed by atoms with Crippen LogP contribution in [0.2, 0.25) is 0 Å². The van der Waals surface area contributed by atoms with E-state index in [1.54, 1.807) is 0 Å². The van der Waals surface area contributed by atoms with Crippen molar-refractivity contribution in [2.45, 2.75) is 84.0 Å². The van der Waals surface area contributed by atoms with Crippen LogP contribution in [0.25, 0.3) is 0 Å². The molecule has 144 valence electrons. The summed E-state index contributed by atoms with van der Waals surface area (Å²) in [6.45, 7) is 2.25. The fourth-order valence-corrected chi connectivity index (χ4v) is 3.54. The lowest BCUT2D eigenvalue weighted by Gasteiger charge is -2.12. The Morgan fingerprint density at radius 3 is 2.08 bits per heavy atom. The van der Waals surface area contributed by atoms with Crippen LogP contribution in [-0.2, 0) is 17.6 Å². The SMILES string of the molecule is CCCCCCCCCCc1ccc(CC(=O)C2(/C(N)=N/O)CC2)cc1. The smallest absolute Gasteiger partial charge is 0.152 e. The van der Waals surface area contributed by atoms with Gasteiger partial charge in [0.15, 0.2) is 11.6 Å². The number of carbonyl (C=O) groups excluding carboxylic acids is 1. The van der Waals surface area contributed by atoms with E-state index in [0.29, 0.717) is 19.3 Å². The van der Waals surface area contributed by atoms with Gasteiger partial charge in [-0.05, 0) is 36.8 Å². The number of carbonyl (C=O) groups is 1. The van der Waals surface area contributed by atoms with E-state index in [2.05, 4.69) is 24.2 Å². The van der Waals surface area contributed by atoms with Gasteiger partial charge < -0.3 is 10.9 Å². The number of hydrogen-bond acceptors (Lipinski definition) is 3. The first-order valence-electron chi connectivity index (χ1n) is 10.2. The molecule has 1 fully saturated rings. The first-order valence-corrected chi connectivity index (χ1v) is 10.2. The van der Waals surface area contributed by atoms with Crippen molar-refractivity contribution >= 4 is 11.6 Å². The van der Waals surface area contributed by atoms with Gasteiger partial charge in [0, 0.05) is 6.42 Å². The van der Waals surface area contributed by atoms with Gasteiger partial charge in [-0.1, -0.05) is 81.3 Å². The number of oxime groups is 1. The van der Waals surface area contributed by atoms with Crippen LogP contribution in [-0.4, -0.2) is 16.8 Å². The zero-order chi connectivity index (χ0) is 18.8. The molecule has 0 bridgehead atoms. The summed E-state index contributed by atoms with van der Waals surface area (Å²) in [4.78, 5) is 12.4. The maximum atomic E-state index is 12.4. The Morgan fingerprint density at radius 2 is 1.54 bits per heavy atom. The number of ketones is 1. The van der Waals surface area contributed by atoms with Crippen LogP contribution >= 0.6 is 0 Å². The average Bonchev–Trinajstić information content (AvgIpc) is 3.46. The second-order valence-corrected chi connectivity index (χ2v) is 7.71. The Balaban J connectivity index is 1.68. The van der Waals surface area contributed by atoms with Crippen LogP contribution in [0.15, 0.2) is 29.4 Å². The molecule has 0 heterocycles. The van der Waals surface area contributed by atoms with E-state index < -0.39 is 5.41 Å². The van der Waals surface area contributed by atoms with E-state index in [1.165, 1.54) is 56.9 Å². The van der Waals surface area contributed by atoms with Crippen molar-refractivity contribution in [3.63, 3.8) is 0 Å². The molecule has 0 aliphatic heterocycles. The molecule has 1 aromatic rings. The highest BCUT2D eigenvalue weighted by atomic mass is 16.4. The molecule has 1 aliphatic carbocycles. The quantitative estimate of drug-likeness (QED) is 0.171.